The molecule has 0 radical (unpaired) electrons. The van der Waals surface area contributed by atoms with E-state index in [-0.39, 0.29) is 11.9 Å². The van der Waals surface area contributed by atoms with Crippen LogP contribution in [0.4, 0.5) is 0 Å². The van der Waals surface area contributed by atoms with Crippen LogP contribution in [0.25, 0.3) is 0 Å². The van der Waals surface area contributed by atoms with Gasteiger partial charge in [0.1, 0.15) is 5.75 Å². The Morgan fingerprint density at radius 1 is 0.857 bits per heavy atom. The highest BCUT2D eigenvalue weighted by Crippen LogP contribution is 2.12. The Bertz CT molecular complexity index is 804. The van der Waals surface area contributed by atoms with Crippen molar-refractivity contribution in [3.8, 4) is 5.75 Å². The molecule has 0 fully saturated rings. The number of aryl methyl sites for hydroxylation is 1. The van der Waals surface area contributed by atoms with E-state index >= 15 is 0 Å². The Hall–Kier alpha value is -3.08. The fourth-order valence-corrected chi connectivity index (χ4v) is 2.45. The van der Waals surface area contributed by atoms with E-state index in [1.807, 2.05) is 32.1 Å². The minimum Gasteiger partial charge on any atom is -0.497 e. The largest absolute Gasteiger partial charge is 0.497 e. The SMILES string of the molecule is COc1ccc(C(=O)OCC/C=C(\C)CCOC(=O)c2ccc(C)cc2)cc1. The molecule has 0 saturated carbocycles. The van der Waals surface area contributed by atoms with E-state index in [4.69, 9.17) is 14.2 Å². The van der Waals surface area contributed by atoms with E-state index in [1.165, 1.54) is 0 Å². The van der Waals surface area contributed by atoms with Gasteiger partial charge in [-0.3, -0.25) is 0 Å². The first-order valence-corrected chi connectivity index (χ1v) is 9.20. The Morgan fingerprint density at radius 2 is 1.39 bits per heavy atom. The molecular formula is C23H26O5. The Labute approximate surface area is 165 Å². The van der Waals surface area contributed by atoms with Crippen LogP contribution in [0.1, 0.15) is 46.0 Å². The topological polar surface area (TPSA) is 61.8 Å². The summed E-state index contributed by atoms with van der Waals surface area (Å²) < 4.78 is 15.6. The predicted molar refractivity (Wildman–Crippen MR) is 108 cm³/mol. The van der Waals surface area contributed by atoms with E-state index in [0.717, 1.165) is 11.1 Å². The Kier molecular flexibility index (Phi) is 8.28. The number of hydrogen-bond acceptors (Lipinski definition) is 5. The van der Waals surface area contributed by atoms with Gasteiger partial charge in [0.2, 0.25) is 0 Å². The van der Waals surface area contributed by atoms with E-state index in [1.54, 1.807) is 43.5 Å². The number of rotatable bonds is 9. The highest BCUT2D eigenvalue weighted by atomic mass is 16.5. The van der Waals surface area contributed by atoms with Crippen molar-refractivity contribution in [3.63, 3.8) is 0 Å². The van der Waals surface area contributed by atoms with Gasteiger partial charge < -0.3 is 14.2 Å². The minimum atomic E-state index is -0.360. The molecule has 5 heteroatoms. The molecule has 2 aromatic rings. The second-order valence-electron chi connectivity index (χ2n) is 6.46. The van der Waals surface area contributed by atoms with Crippen molar-refractivity contribution in [2.24, 2.45) is 0 Å². The summed E-state index contributed by atoms with van der Waals surface area (Å²) in [5.74, 6) is 0.0140. The number of carbonyl (C=O) groups excluding carboxylic acids is 2. The van der Waals surface area contributed by atoms with Gasteiger partial charge in [-0.1, -0.05) is 29.3 Å². The first-order valence-electron chi connectivity index (χ1n) is 9.20. The van der Waals surface area contributed by atoms with Crippen molar-refractivity contribution in [1.29, 1.82) is 0 Å². The van der Waals surface area contributed by atoms with E-state index < -0.39 is 0 Å². The Morgan fingerprint density at radius 3 is 1.96 bits per heavy atom. The molecule has 28 heavy (non-hydrogen) atoms. The van der Waals surface area contributed by atoms with Crippen LogP contribution in [-0.2, 0) is 9.47 Å². The third-order valence-corrected chi connectivity index (χ3v) is 4.19. The maximum absolute atomic E-state index is 12.0. The van der Waals surface area contributed by atoms with Gasteiger partial charge in [-0.05, 0) is 56.7 Å². The van der Waals surface area contributed by atoms with Crippen LogP contribution in [0.15, 0.2) is 60.2 Å². The van der Waals surface area contributed by atoms with Crippen LogP contribution in [0, 0.1) is 6.92 Å². The first-order chi connectivity index (χ1) is 13.5. The third kappa shape index (κ3) is 6.91. The highest BCUT2D eigenvalue weighted by molar-refractivity contribution is 5.89. The maximum Gasteiger partial charge on any atom is 0.338 e. The average Bonchev–Trinajstić information content (AvgIpc) is 2.71. The fourth-order valence-electron chi connectivity index (χ4n) is 2.45. The quantitative estimate of drug-likeness (QED) is 0.356. The molecule has 0 aliphatic heterocycles. The maximum atomic E-state index is 12.0. The minimum absolute atomic E-state index is 0.297. The van der Waals surface area contributed by atoms with Crippen molar-refractivity contribution in [3.05, 3.63) is 76.9 Å². The summed E-state index contributed by atoms with van der Waals surface area (Å²) in [5, 5.41) is 0. The number of hydrogen-bond donors (Lipinski definition) is 0. The lowest BCUT2D eigenvalue weighted by Crippen LogP contribution is -2.07. The van der Waals surface area contributed by atoms with Gasteiger partial charge in [-0.25, -0.2) is 9.59 Å². The summed E-state index contributed by atoms with van der Waals surface area (Å²) in [6.45, 7) is 4.55. The van der Waals surface area contributed by atoms with Gasteiger partial charge in [0.05, 0.1) is 31.5 Å². The van der Waals surface area contributed by atoms with Crippen molar-refractivity contribution in [1.82, 2.24) is 0 Å². The lowest BCUT2D eigenvalue weighted by atomic mass is 10.1. The zero-order chi connectivity index (χ0) is 20.4. The van der Waals surface area contributed by atoms with Gasteiger partial charge in [0.25, 0.3) is 0 Å². The van der Waals surface area contributed by atoms with Gasteiger partial charge in [-0.2, -0.15) is 0 Å². The number of esters is 2. The van der Waals surface area contributed by atoms with Gasteiger partial charge >= 0.3 is 11.9 Å². The summed E-state index contributed by atoms with van der Waals surface area (Å²) in [5.41, 5.74) is 3.22. The lowest BCUT2D eigenvalue weighted by Gasteiger charge is -2.06. The number of benzene rings is 2. The molecule has 0 unspecified atom stereocenters. The summed E-state index contributed by atoms with van der Waals surface area (Å²) in [6.07, 6.45) is 3.24. The molecule has 2 rings (SSSR count). The lowest BCUT2D eigenvalue weighted by molar-refractivity contribution is 0.0497. The van der Waals surface area contributed by atoms with Crippen molar-refractivity contribution < 1.29 is 23.8 Å². The van der Waals surface area contributed by atoms with Crippen molar-refractivity contribution in [2.75, 3.05) is 20.3 Å². The molecule has 0 spiro atoms. The van der Waals surface area contributed by atoms with Crippen LogP contribution < -0.4 is 4.74 Å². The molecule has 0 bridgehead atoms. The molecule has 0 heterocycles. The van der Waals surface area contributed by atoms with Gasteiger partial charge in [0, 0.05) is 6.42 Å². The molecule has 0 aliphatic rings. The van der Waals surface area contributed by atoms with Crippen LogP contribution in [-0.4, -0.2) is 32.3 Å². The summed E-state index contributed by atoms with van der Waals surface area (Å²) in [4.78, 5) is 23.9. The summed E-state index contributed by atoms with van der Waals surface area (Å²) in [6, 6.07) is 14.1. The van der Waals surface area contributed by atoms with Crippen LogP contribution >= 0.6 is 0 Å². The van der Waals surface area contributed by atoms with Gasteiger partial charge in [-0.15, -0.1) is 0 Å². The fraction of sp³-hybridized carbons (Fsp3) is 0.304. The number of carbonyl (C=O) groups is 2. The van der Waals surface area contributed by atoms with E-state index in [9.17, 15) is 9.59 Å². The van der Waals surface area contributed by atoms with Crippen molar-refractivity contribution in [2.45, 2.75) is 26.7 Å². The molecule has 0 aliphatic carbocycles. The zero-order valence-corrected chi connectivity index (χ0v) is 16.6. The van der Waals surface area contributed by atoms with Crippen LogP contribution in [0.5, 0.6) is 5.75 Å². The zero-order valence-electron chi connectivity index (χ0n) is 16.6. The number of ether oxygens (including phenoxy) is 3. The van der Waals surface area contributed by atoms with E-state index in [2.05, 4.69) is 0 Å². The standard InChI is InChI=1S/C23H26O5/c1-17(14-16-28-23(25)19-8-6-18(2)7-9-19)5-4-15-27-22(24)20-10-12-21(26-3)13-11-20/h5-13H,4,14-16H2,1-3H3/b17-5+. The summed E-state index contributed by atoms with van der Waals surface area (Å²) >= 11 is 0. The van der Waals surface area contributed by atoms with Gasteiger partial charge in [0.15, 0.2) is 0 Å². The molecule has 0 saturated heterocycles. The van der Waals surface area contributed by atoms with Crippen LogP contribution in [0.3, 0.4) is 0 Å². The third-order valence-electron chi connectivity index (χ3n) is 4.19. The van der Waals surface area contributed by atoms with Crippen LogP contribution in [0.2, 0.25) is 0 Å². The summed E-state index contributed by atoms with van der Waals surface area (Å²) in [7, 11) is 1.57. The molecule has 0 amide bonds. The normalized spacial score (nSPS) is 11.0. The Balaban J connectivity index is 1.66. The van der Waals surface area contributed by atoms with Crippen molar-refractivity contribution >= 4 is 11.9 Å². The number of methoxy groups -OCH3 is 1. The molecule has 0 atom stereocenters. The monoisotopic (exact) mass is 382 g/mol. The molecule has 0 N–H and O–H groups in total. The first kappa shape index (κ1) is 21.2. The van der Waals surface area contributed by atoms with E-state index in [0.29, 0.717) is 42.9 Å². The highest BCUT2D eigenvalue weighted by Gasteiger charge is 2.07. The second-order valence-corrected chi connectivity index (χ2v) is 6.46. The second kappa shape index (κ2) is 10.9. The molecule has 0 aromatic heterocycles. The smallest absolute Gasteiger partial charge is 0.338 e. The molecule has 5 nitrogen and oxygen atoms in total. The molecular weight excluding hydrogens is 356 g/mol. The molecule has 2 aromatic carbocycles. The molecule has 148 valence electrons. The average molecular weight is 382 g/mol. The predicted octanol–water partition coefficient (Wildman–Crippen LogP) is 4.74.